The molecular weight excluding hydrogens is 202 g/mol. The van der Waals surface area contributed by atoms with Gasteiger partial charge in [0.2, 0.25) is 0 Å². The van der Waals surface area contributed by atoms with Crippen LogP contribution in [0.3, 0.4) is 0 Å². The lowest BCUT2D eigenvalue weighted by Gasteiger charge is -2.35. The summed E-state index contributed by atoms with van der Waals surface area (Å²) in [6.07, 6.45) is 3.09. The van der Waals surface area contributed by atoms with E-state index in [9.17, 15) is 4.79 Å². The van der Waals surface area contributed by atoms with Crippen LogP contribution in [0.1, 0.15) is 47.0 Å². The topological polar surface area (TPSA) is 53.5 Å². The fourth-order valence-electron chi connectivity index (χ4n) is 2.83. The van der Waals surface area contributed by atoms with Gasteiger partial charge in [0.1, 0.15) is 5.54 Å². The zero-order valence-electron chi connectivity index (χ0n) is 10.6. The summed E-state index contributed by atoms with van der Waals surface area (Å²) in [5, 5.41) is 6.20. The number of guanidine groups is 1. The van der Waals surface area contributed by atoms with Crippen LogP contribution in [0.2, 0.25) is 0 Å². The molecule has 1 atom stereocenters. The molecule has 2 aliphatic rings. The van der Waals surface area contributed by atoms with Gasteiger partial charge in [0, 0.05) is 6.04 Å². The van der Waals surface area contributed by atoms with E-state index in [1.807, 2.05) is 13.8 Å². The molecule has 2 N–H and O–H groups in total. The van der Waals surface area contributed by atoms with E-state index in [1.54, 1.807) is 0 Å². The molecule has 0 bridgehead atoms. The number of carbonyl (C=O) groups excluding carboxylic acids is 1. The van der Waals surface area contributed by atoms with Gasteiger partial charge in [0.05, 0.1) is 0 Å². The summed E-state index contributed by atoms with van der Waals surface area (Å²) in [5.41, 5.74) is -0.425. The number of nitrogens with zero attached hydrogens (tertiary/aromatic N) is 1. The minimum absolute atomic E-state index is 0.00529. The van der Waals surface area contributed by atoms with Crippen molar-refractivity contribution in [1.29, 1.82) is 0 Å². The van der Waals surface area contributed by atoms with Crippen molar-refractivity contribution in [3.8, 4) is 0 Å². The van der Waals surface area contributed by atoms with Crippen LogP contribution in [0.4, 0.5) is 0 Å². The minimum atomic E-state index is -0.430. The Kier molecular flexibility index (Phi) is 2.48. The normalized spacial score (nSPS) is 34.8. The SMILES string of the molecule is CC(C)N=C1NC(=O)C2(CCCC2(C)C)N1. The standard InChI is InChI=1S/C12H21N3O/c1-8(2)13-10-14-9(16)12(15-10)7-5-6-11(12,3)4/h8H,5-7H2,1-4H3,(H2,13,14,15,16). The van der Waals surface area contributed by atoms with E-state index in [2.05, 4.69) is 29.5 Å². The molecule has 1 aliphatic carbocycles. The molecule has 1 heterocycles. The summed E-state index contributed by atoms with van der Waals surface area (Å²) in [6.45, 7) is 8.33. The first-order valence-corrected chi connectivity index (χ1v) is 6.05. The second-order valence-electron chi connectivity index (χ2n) is 5.79. The minimum Gasteiger partial charge on any atom is -0.341 e. The molecule has 1 amide bonds. The number of hydrogen-bond donors (Lipinski definition) is 2. The van der Waals surface area contributed by atoms with Crippen molar-refractivity contribution in [2.45, 2.75) is 58.5 Å². The van der Waals surface area contributed by atoms with Crippen molar-refractivity contribution >= 4 is 11.9 Å². The number of rotatable bonds is 1. The van der Waals surface area contributed by atoms with Crippen LogP contribution in [0.5, 0.6) is 0 Å². The van der Waals surface area contributed by atoms with Gasteiger partial charge in [-0.3, -0.25) is 15.1 Å². The maximum absolute atomic E-state index is 12.2. The van der Waals surface area contributed by atoms with Crippen molar-refractivity contribution in [2.24, 2.45) is 10.4 Å². The molecule has 0 aromatic carbocycles. The first-order chi connectivity index (χ1) is 7.37. The molecule has 1 aliphatic heterocycles. The fraction of sp³-hybridized carbons (Fsp3) is 0.833. The number of amides is 1. The van der Waals surface area contributed by atoms with Gasteiger partial charge in [-0.15, -0.1) is 0 Å². The van der Waals surface area contributed by atoms with E-state index in [4.69, 9.17) is 0 Å². The third-order valence-electron chi connectivity index (χ3n) is 3.85. The number of aliphatic imine (C=N–C) groups is 1. The average molecular weight is 223 g/mol. The lowest BCUT2D eigenvalue weighted by Crippen LogP contribution is -2.54. The Morgan fingerprint density at radius 2 is 2.00 bits per heavy atom. The van der Waals surface area contributed by atoms with Gasteiger partial charge in [0.25, 0.3) is 5.91 Å². The number of nitrogens with one attached hydrogen (secondary N) is 2. The maximum Gasteiger partial charge on any atom is 0.252 e. The quantitative estimate of drug-likeness (QED) is 0.706. The molecule has 1 unspecified atom stereocenters. The van der Waals surface area contributed by atoms with Crippen LogP contribution in [-0.2, 0) is 4.79 Å². The Hall–Kier alpha value is -1.06. The highest BCUT2D eigenvalue weighted by Crippen LogP contribution is 2.47. The maximum atomic E-state index is 12.2. The molecule has 1 spiro atoms. The Labute approximate surface area is 96.9 Å². The van der Waals surface area contributed by atoms with Gasteiger partial charge in [-0.05, 0) is 38.5 Å². The Morgan fingerprint density at radius 3 is 2.50 bits per heavy atom. The zero-order valence-corrected chi connectivity index (χ0v) is 10.6. The summed E-state index contributed by atoms with van der Waals surface area (Å²) in [4.78, 5) is 16.5. The molecule has 2 rings (SSSR count). The third kappa shape index (κ3) is 1.51. The first-order valence-electron chi connectivity index (χ1n) is 6.05. The van der Waals surface area contributed by atoms with E-state index in [0.717, 1.165) is 19.3 Å². The number of carbonyl (C=O) groups is 1. The third-order valence-corrected chi connectivity index (χ3v) is 3.85. The van der Waals surface area contributed by atoms with Crippen molar-refractivity contribution in [3.63, 3.8) is 0 Å². The van der Waals surface area contributed by atoms with E-state index in [0.29, 0.717) is 5.96 Å². The van der Waals surface area contributed by atoms with Gasteiger partial charge in [0.15, 0.2) is 5.96 Å². The summed E-state index contributed by atoms with van der Waals surface area (Å²) in [5.74, 6) is 0.740. The van der Waals surface area contributed by atoms with E-state index >= 15 is 0 Å². The van der Waals surface area contributed by atoms with Crippen molar-refractivity contribution < 1.29 is 4.79 Å². The van der Waals surface area contributed by atoms with Gasteiger partial charge >= 0.3 is 0 Å². The second-order valence-corrected chi connectivity index (χ2v) is 5.79. The zero-order chi connectivity index (χ0) is 12.0. The van der Waals surface area contributed by atoms with Crippen LogP contribution in [-0.4, -0.2) is 23.4 Å². The van der Waals surface area contributed by atoms with Gasteiger partial charge in [-0.2, -0.15) is 0 Å². The Balaban J connectivity index is 2.29. The first kappa shape index (κ1) is 11.4. The molecule has 90 valence electrons. The Bertz CT molecular complexity index is 346. The smallest absolute Gasteiger partial charge is 0.252 e. The summed E-state index contributed by atoms with van der Waals surface area (Å²) >= 11 is 0. The summed E-state index contributed by atoms with van der Waals surface area (Å²) in [7, 11) is 0. The van der Waals surface area contributed by atoms with Crippen molar-refractivity contribution in [3.05, 3.63) is 0 Å². The molecule has 16 heavy (non-hydrogen) atoms. The van der Waals surface area contributed by atoms with Gasteiger partial charge in [-0.1, -0.05) is 13.8 Å². The molecule has 0 aromatic heterocycles. The molecule has 4 nitrogen and oxygen atoms in total. The largest absolute Gasteiger partial charge is 0.341 e. The highest BCUT2D eigenvalue weighted by molar-refractivity contribution is 6.09. The molecule has 4 heteroatoms. The van der Waals surface area contributed by atoms with Crippen molar-refractivity contribution in [1.82, 2.24) is 10.6 Å². The molecule has 1 saturated carbocycles. The summed E-state index contributed by atoms with van der Waals surface area (Å²) < 4.78 is 0. The van der Waals surface area contributed by atoms with E-state index in [-0.39, 0.29) is 17.4 Å². The number of hydrogen-bond acceptors (Lipinski definition) is 2. The van der Waals surface area contributed by atoms with Crippen LogP contribution in [0, 0.1) is 5.41 Å². The predicted molar refractivity (Wildman–Crippen MR) is 64.2 cm³/mol. The van der Waals surface area contributed by atoms with Crippen LogP contribution in [0.15, 0.2) is 4.99 Å². The van der Waals surface area contributed by atoms with Crippen LogP contribution < -0.4 is 10.6 Å². The monoisotopic (exact) mass is 223 g/mol. The second kappa shape index (κ2) is 3.47. The Morgan fingerprint density at radius 1 is 1.31 bits per heavy atom. The highest BCUT2D eigenvalue weighted by Gasteiger charge is 2.58. The fourth-order valence-corrected chi connectivity index (χ4v) is 2.83. The molecule has 2 fully saturated rings. The van der Waals surface area contributed by atoms with Crippen molar-refractivity contribution in [2.75, 3.05) is 0 Å². The lowest BCUT2D eigenvalue weighted by atomic mass is 9.75. The van der Waals surface area contributed by atoms with Crippen LogP contribution in [0.25, 0.3) is 0 Å². The van der Waals surface area contributed by atoms with Gasteiger partial charge in [-0.25, -0.2) is 0 Å². The molecule has 0 radical (unpaired) electrons. The van der Waals surface area contributed by atoms with Gasteiger partial charge < -0.3 is 5.32 Å². The predicted octanol–water partition coefficient (Wildman–Crippen LogP) is 1.42. The highest BCUT2D eigenvalue weighted by atomic mass is 16.2. The molecule has 1 saturated heterocycles. The molecule has 0 aromatic rings. The van der Waals surface area contributed by atoms with Crippen LogP contribution >= 0.6 is 0 Å². The van der Waals surface area contributed by atoms with E-state index in [1.165, 1.54) is 0 Å². The lowest BCUT2D eigenvalue weighted by molar-refractivity contribution is -0.126. The molecular formula is C12H21N3O. The van der Waals surface area contributed by atoms with E-state index < -0.39 is 5.54 Å². The average Bonchev–Trinajstić information content (AvgIpc) is 2.56. The summed E-state index contributed by atoms with van der Waals surface area (Å²) in [6, 6.07) is 0.197.